The fourth-order valence-electron chi connectivity index (χ4n) is 2.19. The van der Waals surface area contributed by atoms with Crippen molar-refractivity contribution in [1.29, 1.82) is 0 Å². The predicted octanol–water partition coefficient (Wildman–Crippen LogP) is 3.84. The maximum atomic E-state index is 9.76. The third-order valence-electron chi connectivity index (χ3n) is 3.25. The maximum Gasteiger partial charge on any atom is 0.181 e. The Kier molecular flexibility index (Phi) is 3.51. The average Bonchev–Trinajstić information content (AvgIpc) is 2.88. The lowest BCUT2D eigenvalue weighted by Gasteiger charge is -2.01. The molecule has 0 radical (unpaired) electrons. The number of aromatic nitrogens is 2. The Morgan fingerprint density at radius 3 is 2.52 bits per heavy atom. The van der Waals surface area contributed by atoms with E-state index in [4.69, 9.17) is 0 Å². The summed E-state index contributed by atoms with van der Waals surface area (Å²) in [4.78, 5) is 4.41. The fourth-order valence-corrected chi connectivity index (χ4v) is 2.19. The first-order valence-electron chi connectivity index (χ1n) is 6.68. The van der Waals surface area contributed by atoms with Crippen molar-refractivity contribution in [2.24, 2.45) is 4.99 Å². The molecule has 3 rings (SSSR count). The van der Waals surface area contributed by atoms with Gasteiger partial charge in [0.1, 0.15) is 5.75 Å². The van der Waals surface area contributed by atoms with Gasteiger partial charge < -0.3 is 5.11 Å². The van der Waals surface area contributed by atoms with Gasteiger partial charge in [0.05, 0.1) is 0 Å². The summed E-state index contributed by atoms with van der Waals surface area (Å²) >= 11 is 0. The fraction of sp³-hybridized carbons (Fsp3) is 0.0588. The molecule has 4 nitrogen and oxygen atoms in total. The molecule has 104 valence electrons. The quantitative estimate of drug-likeness (QED) is 0.714. The van der Waals surface area contributed by atoms with Crippen LogP contribution in [0.1, 0.15) is 11.3 Å². The van der Waals surface area contributed by atoms with Gasteiger partial charge in [-0.25, -0.2) is 4.99 Å². The lowest BCUT2D eigenvalue weighted by atomic mass is 10.1. The zero-order valence-electron chi connectivity index (χ0n) is 11.6. The van der Waals surface area contributed by atoms with E-state index in [1.807, 2.05) is 43.3 Å². The van der Waals surface area contributed by atoms with Crippen LogP contribution in [0, 0.1) is 6.92 Å². The summed E-state index contributed by atoms with van der Waals surface area (Å²) in [5.41, 5.74) is 3.67. The van der Waals surface area contributed by atoms with Crippen LogP contribution in [0.25, 0.3) is 11.1 Å². The summed E-state index contributed by atoms with van der Waals surface area (Å²) in [5, 5.41) is 17.0. The number of aromatic hydroxyl groups is 1. The molecule has 1 aromatic heterocycles. The minimum atomic E-state index is 0.203. The van der Waals surface area contributed by atoms with Crippen molar-refractivity contribution in [1.82, 2.24) is 10.2 Å². The van der Waals surface area contributed by atoms with Crippen LogP contribution in [0.3, 0.4) is 0 Å². The molecular weight excluding hydrogens is 262 g/mol. The number of phenols is 1. The molecule has 2 aromatic carbocycles. The highest BCUT2D eigenvalue weighted by atomic mass is 16.3. The smallest absolute Gasteiger partial charge is 0.181 e. The molecule has 0 spiro atoms. The molecule has 0 amide bonds. The summed E-state index contributed by atoms with van der Waals surface area (Å²) in [6, 6.07) is 17.1. The van der Waals surface area contributed by atoms with Crippen molar-refractivity contribution in [2.45, 2.75) is 6.92 Å². The SMILES string of the molecule is Cc1[nH]nc(N=Cc2ccccc2O)c1-c1ccccc1. The van der Waals surface area contributed by atoms with Crippen molar-refractivity contribution >= 4 is 12.0 Å². The van der Waals surface area contributed by atoms with Gasteiger partial charge in [-0.3, -0.25) is 5.10 Å². The second-order valence-corrected chi connectivity index (χ2v) is 4.73. The Balaban J connectivity index is 2.00. The van der Waals surface area contributed by atoms with Crippen LogP contribution in [0.2, 0.25) is 0 Å². The number of nitrogens with one attached hydrogen (secondary N) is 1. The largest absolute Gasteiger partial charge is 0.507 e. The molecule has 0 unspecified atom stereocenters. The van der Waals surface area contributed by atoms with E-state index >= 15 is 0 Å². The van der Waals surface area contributed by atoms with E-state index in [-0.39, 0.29) is 5.75 Å². The third kappa shape index (κ3) is 2.69. The summed E-state index contributed by atoms with van der Waals surface area (Å²) in [6.45, 7) is 1.97. The molecule has 21 heavy (non-hydrogen) atoms. The molecule has 0 aliphatic carbocycles. The Hall–Kier alpha value is -2.88. The first-order chi connectivity index (χ1) is 10.3. The van der Waals surface area contributed by atoms with Crippen LogP contribution >= 0.6 is 0 Å². The average molecular weight is 277 g/mol. The zero-order chi connectivity index (χ0) is 14.7. The van der Waals surface area contributed by atoms with Crippen LogP contribution in [0.4, 0.5) is 5.82 Å². The highest BCUT2D eigenvalue weighted by Crippen LogP contribution is 2.31. The highest BCUT2D eigenvalue weighted by molar-refractivity contribution is 5.87. The number of phenolic OH excluding ortho intramolecular Hbond substituents is 1. The van der Waals surface area contributed by atoms with Crippen LogP contribution in [-0.2, 0) is 0 Å². The normalized spacial score (nSPS) is 11.1. The molecule has 0 atom stereocenters. The number of aromatic amines is 1. The van der Waals surface area contributed by atoms with Gasteiger partial charge in [0, 0.05) is 23.0 Å². The zero-order valence-corrected chi connectivity index (χ0v) is 11.6. The van der Waals surface area contributed by atoms with E-state index < -0.39 is 0 Å². The Morgan fingerprint density at radius 2 is 1.76 bits per heavy atom. The highest BCUT2D eigenvalue weighted by Gasteiger charge is 2.11. The first kappa shape index (κ1) is 13.1. The molecule has 4 heteroatoms. The van der Waals surface area contributed by atoms with Gasteiger partial charge in [-0.05, 0) is 24.6 Å². The van der Waals surface area contributed by atoms with Crippen LogP contribution in [-0.4, -0.2) is 21.5 Å². The number of aryl methyl sites for hydroxylation is 1. The third-order valence-corrected chi connectivity index (χ3v) is 3.25. The summed E-state index contributed by atoms with van der Waals surface area (Å²) in [5.74, 6) is 0.816. The van der Waals surface area contributed by atoms with E-state index in [9.17, 15) is 5.11 Å². The van der Waals surface area contributed by atoms with E-state index in [0.717, 1.165) is 16.8 Å². The van der Waals surface area contributed by atoms with Gasteiger partial charge in [-0.2, -0.15) is 5.10 Å². The van der Waals surface area contributed by atoms with Crippen LogP contribution in [0.5, 0.6) is 5.75 Å². The Morgan fingerprint density at radius 1 is 1.05 bits per heavy atom. The van der Waals surface area contributed by atoms with E-state index in [2.05, 4.69) is 15.2 Å². The molecular formula is C17H15N3O. The van der Waals surface area contributed by atoms with Gasteiger partial charge in [0.2, 0.25) is 0 Å². The van der Waals surface area contributed by atoms with Crippen LogP contribution < -0.4 is 0 Å². The Labute approximate surface area is 122 Å². The number of H-pyrrole nitrogens is 1. The first-order valence-corrected chi connectivity index (χ1v) is 6.68. The molecule has 0 bridgehead atoms. The van der Waals surface area contributed by atoms with E-state index in [1.165, 1.54) is 0 Å². The molecule has 3 aromatic rings. The molecule has 0 saturated heterocycles. The minimum absolute atomic E-state index is 0.203. The van der Waals surface area contributed by atoms with Gasteiger partial charge in [-0.15, -0.1) is 0 Å². The lowest BCUT2D eigenvalue weighted by molar-refractivity contribution is 0.474. The van der Waals surface area contributed by atoms with Gasteiger partial charge in [0.15, 0.2) is 5.82 Å². The number of hydrogen-bond acceptors (Lipinski definition) is 3. The second-order valence-electron chi connectivity index (χ2n) is 4.73. The van der Waals surface area contributed by atoms with Gasteiger partial charge in [0.25, 0.3) is 0 Å². The van der Waals surface area contributed by atoms with Crippen molar-refractivity contribution in [2.75, 3.05) is 0 Å². The van der Waals surface area contributed by atoms with Gasteiger partial charge in [-0.1, -0.05) is 42.5 Å². The minimum Gasteiger partial charge on any atom is -0.507 e. The molecule has 2 N–H and O–H groups in total. The molecule has 0 aliphatic rings. The Bertz CT molecular complexity index is 776. The topological polar surface area (TPSA) is 61.3 Å². The van der Waals surface area contributed by atoms with E-state index in [0.29, 0.717) is 11.4 Å². The number of hydrogen-bond donors (Lipinski definition) is 2. The van der Waals surface area contributed by atoms with Gasteiger partial charge >= 0.3 is 0 Å². The monoisotopic (exact) mass is 277 g/mol. The number of aliphatic imine (C=N–C) groups is 1. The summed E-state index contributed by atoms with van der Waals surface area (Å²) in [6.07, 6.45) is 1.62. The number of para-hydroxylation sites is 1. The summed E-state index contributed by atoms with van der Waals surface area (Å²) < 4.78 is 0. The number of nitrogens with zero attached hydrogens (tertiary/aromatic N) is 2. The summed E-state index contributed by atoms with van der Waals surface area (Å²) in [7, 11) is 0. The second kappa shape index (κ2) is 5.63. The van der Waals surface area contributed by atoms with Crippen molar-refractivity contribution in [3.05, 3.63) is 65.9 Å². The predicted molar refractivity (Wildman–Crippen MR) is 84.1 cm³/mol. The standard InChI is InChI=1S/C17H15N3O/c1-12-16(13-7-3-2-4-8-13)17(20-19-12)18-11-14-9-5-6-10-15(14)21/h2-11,21H,1H3,(H,19,20). The lowest BCUT2D eigenvalue weighted by Crippen LogP contribution is -1.82. The molecule has 1 heterocycles. The molecule has 0 aliphatic heterocycles. The number of benzene rings is 2. The van der Waals surface area contributed by atoms with Crippen molar-refractivity contribution in [3.63, 3.8) is 0 Å². The molecule has 0 fully saturated rings. The van der Waals surface area contributed by atoms with Crippen LogP contribution in [0.15, 0.2) is 59.6 Å². The van der Waals surface area contributed by atoms with Crippen molar-refractivity contribution in [3.8, 4) is 16.9 Å². The number of rotatable bonds is 3. The van der Waals surface area contributed by atoms with Crippen molar-refractivity contribution < 1.29 is 5.11 Å². The molecule has 0 saturated carbocycles. The maximum absolute atomic E-state index is 9.76. The van der Waals surface area contributed by atoms with E-state index in [1.54, 1.807) is 24.4 Å².